The van der Waals surface area contributed by atoms with E-state index in [0.29, 0.717) is 19.3 Å². The standard InChI is InChI=1S/C17H28N2O2/c1-12-10-13(2)19-16(15(12)11-18-14-6-7-14)20-8-9-21-17(3,4)5/h10,14,18H,6-9,11H2,1-5H3. The summed E-state index contributed by atoms with van der Waals surface area (Å²) in [5, 5.41) is 3.54. The minimum atomic E-state index is -0.129. The van der Waals surface area contributed by atoms with E-state index in [1.54, 1.807) is 0 Å². The largest absolute Gasteiger partial charge is 0.475 e. The first-order valence-corrected chi connectivity index (χ1v) is 7.82. The first kappa shape index (κ1) is 16.2. The van der Waals surface area contributed by atoms with Crippen molar-refractivity contribution in [3.05, 3.63) is 22.9 Å². The van der Waals surface area contributed by atoms with Gasteiger partial charge in [0, 0.05) is 23.8 Å². The van der Waals surface area contributed by atoms with Crippen LogP contribution in [0.1, 0.15) is 50.4 Å². The molecule has 0 unspecified atom stereocenters. The van der Waals surface area contributed by atoms with Gasteiger partial charge in [-0.15, -0.1) is 0 Å². The normalized spacial score (nSPS) is 15.3. The Hall–Kier alpha value is -1.13. The molecule has 1 aliphatic rings. The second-order valence-electron chi connectivity index (χ2n) is 6.83. The maximum absolute atomic E-state index is 5.87. The number of nitrogens with zero attached hydrogens (tertiary/aromatic N) is 1. The molecule has 1 fully saturated rings. The van der Waals surface area contributed by atoms with Crippen LogP contribution >= 0.6 is 0 Å². The summed E-state index contributed by atoms with van der Waals surface area (Å²) in [6.45, 7) is 12.2. The summed E-state index contributed by atoms with van der Waals surface area (Å²) in [6, 6.07) is 2.80. The number of aromatic nitrogens is 1. The van der Waals surface area contributed by atoms with E-state index in [1.165, 1.54) is 24.0 Å². The van der Waals surface area contributed by atoms with Crippen LogP contribution in [0.2, 0.25) is 0 Å². The molecule has 4 heteroatoms. The highest BCUT2D eigenvalue weighted by Gasteiger charge is 2.21. The van der Waals surface area contributed by atoms with Crippen molar-refractivity contribution in [2.24, 2.45) is 0 Å². The van der Waals surface area contributed by atoms with Crippen LogP contribution in [-0.4, -0.2) is 29.8 Å². The molecule has 0 saturated heterocycles. The summed E-state index contributed by atoms with van der Waals surface area (Å²) in [7, 11) is 0. The Labute approximate surface area is 128 Å². The molecule has 0 spiro atoms. The average molecular weight is 292 g/mol. The Kier molecular flexibility index (Phi) is 5.22. The lowest BCUT2D eigenvalue weighted by atomic mass is 10.1. The smallest absolute Gasteiger partial charge is 0.218 e. The Morgan fingerprint density at radius 2 is 1.95 bits per heavy atom. The van der Waals surface area contributed by atoms with E-state index in [2.05, 4.69) is 23.3 Å². The van der Waals surface area contributed by atoms with Gasteiger partial charge >= 0.3 is 0 Å². The third-order valence-electron chi connectivity index (χ3n) is 3.44. The van der Waals surface area contributed by atoms with Crippen LogP contribution in [-0.2, 0) is 11.3 Å². The van der Waals surface area contributed by atoms with E-state index in [0.717, 1.165) is 18.1 Å². The van der Waals surface area contributed by atoms with Crippen molar-refractivity contribution in [3.8, 4) is 5.88 Å². The lowest BCUT2D eigenvalue weighted by Gasteiger charge is -2.20. The van der Waals surface area contributed by atoms with Gasteiger partial charge in [0.1, 0.15) is 6.61 Å². The highest BCUT2D eigenvalue weighted by Crippen LogP contribution is 2.24. The molecule has 0 radical (unpaired) electrons. The van der Waals surface area contributed by atoms with Gasteiger partial charge in [0.05, 0.1) is 12.2 Å². The van der Waals surface area contributed by atoms with Gasteiger partial charge in [-0.05, 0) is 59.1 Å². The summed E-state index contributed by atoms with van der Waals surface area (Å²) in [5.74, 6) is 0.748. The second-order valence-corrected chi connectivity index (χ2v) is 6.83. The third-order valence-corrected chi connectivity index (χ3v) is 3.44. The van der Waals surface area contributed by atoms with Gasteiger partial charge in [-0.25, -0.2) is 4.98 Å². The van der Waals surface area contributed by atoms with Crippen LogP contribution in [0.15, 0.2) is 6.07 Å². The van der Waals surface area contributed by atoms with Gasteiger partial charge in [0.25, 0.3) is 0 Å². The quantitative estimate of drug-likeness (QED) is 0.784. The second kappa shape index (κ2) is 6.75. The third kappa shape index (κ3) is 5.64. The van der Waals surface area contributed by atoms with E-state index in [1.807, 2.05) is 27.7 Å². The summed E-state index contributed by atoms with van der Waals surface area (Å²) in [5.41, 5.74) is 3.27. The Bertz CT molecular complexity index is 476. The predicted octanol–water partition coefficient (Wildman–Crippen LogP) is 3.14. The minimum Gasteiger partial charge on any atom is -0.475 e. The summed E-state index contributed by atoms with van der Waals surface area (Å²) in [4.78, 5) is 4.55. The van der Waals surface area contributed by atoms with Gasteiger partial charge in [0.2, 0.25) is 5.88 Å². The van der Waals surface area contributed by atoms with Crippen LogP contribution < -0.4 is 10.1 Å². The van der Waals surface area contributed by atoms with E-state index >= 15 is 0 Å². The summed E-state index contributed by atoms with van der Waals surface area (Å²) in [6.07, 6.45) is 2.57. The number of pyridine rings is 1. The van der Waals surface area contributed by atoms with Crippen molar-refractivity contribution in [1.82, 2.24) is 10.3 Å². The number of nitrogens with one attached hydrogen (secondary N) is 1. The molecule has 1 aliphatic carbocycles. The van der Waals surface area contributed by atoms with Crippen molar-refractivity contribution in [3.63, 3.8) is 0 Å². The maximum atomic E-state index is 5.87. The minimum absolute atomic E-state index is 0.129. The van der Waals surface area contributed by atoms with Gasteiger partial charge < -0.3 is 14.8 Å². The highest BCUT2D eigenvalue weighted by molar-refractivity contribution is 5.36. The molecule has 2 rings (SSSR count). The van der Waals surface area contributed by atoms with Gasteiger partial charge in [-0.1, -0.05) is 0 Å². The number of rotatable bonds is 7. The van der Waals surface area contributed by atoms with Crippen molar-refractivity contribution >= 4 is 0 Å². The lowest BCUT2D eigenvalue weighted by Crippen LogP contribution is -2.23. The van der Waals surface area contributed by atoms with E-state index in [9.17, 15) is 0 Å². The van der Waals surface area contributed by atoms with Crippen LogP contribution in [0.4, 0.5) is 0 Å². The Morgan fingerprint density at radius 3 is 2.57 bits per heavy atom. The number of ether oxygens (including phenoxy) is 2. The number of hydrogen-bond acceptors (Lipinski definition) is 4. The van der Waals surface area contributed by atoms with E-state index in [4.69, 9.17) is 9.47 Å². The fourth-order valence-electron chi connectivity index (χ4n) is 2.18. The van der Waals surface area contributed by atoms with Crippen LogP contribution in [0.3, 0.4) is 0 Å². The molecule has 0 atom stereocenters. The molecule has 1 heterocycles. The molecule has 0 amide bonds. The van der Waals surface area contributed by atoms with Crippen molar-refractivity contribution in [2.75, 3.05) is 13.2 Å². The van der Waals surface area contributed by atoms with Crippen LogP contribution in [0.25, 0.3) is 0 Å². The molecule has 1 N–H and O–H groups in total. The maximum Gasteiger partial charge on any atom is 0.218 e. The SMILES string of the molecule is Cc1cc(C)c(CNC2CC2)c(OCCOC(C)(C)C)n1. The summed E-state index contributed by atoms with van der Waals surface area (Å²) >= 11 is 0. The molecule has 1 aromatic heterocycles. The van der Waals surface area contributed by atoms with E-state index < -0.39 is 0 Å². The fourth-order valence-corrected chi connectivity index (χ4v) is 2.18. The van der Waals surface area contributed by atoms with Gasteiger partial charge in [0.15, 0.2) is 0 Å². The Balaban J connectivity index is 1.95. The molecule has 21 heavy (non-hydrogen) atoms. The van der Waals surface area contributed by atoms with Gasteiger partial charge in [-0.3, -0.25) is 0 Å². The van der Waals surface area contributed by atoms with Crippen molar-refractivity contribution in [2.45, 2.75) is 65.6 Å². The average Bonchev–Trinajstić information content (AvgIpc) is 3.16. The van der Waals surface area contributed by atoms with Crippen molar-refractivity contribution < 1.29 is 9.47 Å². The molecule has 0 aliphatic heterocycles. The first-order valence-electron chi connectivity index (χ1n) is 7.82. The zero-order chi connectivity index (χ0) is 15.5. The highest BCUT2D eigenvalue weighted by atomic mass is 16.5. The van der Waals surface area contributed by atoms with Crippen LogP contribution in [0, 0.1) is 13.8 Å². The molecular weight excluding hydrogens is 264 g/mol. The van der Waals surface area contributed by atoms with Crippen molar-refractivity contribution in [1.29, 1.82) is 0 Å². The number of hydrogen-bond donors (Lipinski definition) is 1. The summed E-state index contributed by atoms with van der Waals surface area (Å²) < 4.78 is 11.6. The van der Waals surface area contributed by atoms with Crippen LogP contribution in [0.5, 0.6) is 5.88 Å². The molecule has 1 saturated carbocycles. The van der Waals surface area contributed by atoms with Gasteiger partial charge in [-0.2, -0.15) is 0 Å². The molecule has 0 aromatic carbocycles. The molecule has 4 nitrogen and oxygen atoms in total. The molecule has 118 valence electrons. The zero-order valence-electron chi connectivity index (χ0n) is 14.0. The fraction of sp³-hybridized carbons (Fsp3) is 0.706. The Morgan fingerprint density at radius 1 is 1.24 bits per heavy atom. The first-order chi connectivity index (χ1) is 9.85. The molecule has 0 bridgehead atoms. The monoisotopic (exact) mass is 292 g/mol. The molecular formula is C17H28N2O2. The molecule has 1 aromatic rings. The van der Waals surface area contributed by atoms with E-state index in [-0.39, 0.29) is 5.60 Å². The lowest BCUT2D eigenvalue weighted by molar-refractivity contribution is -0.0169. The predicted molar refractivity (Wildman–Crippen MR) is 84.8 cm³/mol. The zero-order valence-corrected chi connectivity index (χ0v) is 14.0. The number of aryl methyl sites for hydroxylation is 2. The topological polar surface area (TPSA) is 43.4 Å².